The Bertz CT molecular complexity index is 571. The third kappa shape index (κ3) is 16.8. The molecule has 0 atom stereocenters. The molecule has 0 aromatic heterocycles. The molecule has 0 unspecified atom stereocenters. The van der Waals surface area contributed by atoms with Crippen molar-refractivity contribution in [2.45, 2.75) is 116 Å². The molecule has 1 aromatic rings. The van der Waals surface area contributed by atoms with Gasteiger partial charge in [0, 0.05) is 12.8 Å². The molecular formula is C28H47NO3. The van der Waals surface area contributed by atoms with Crippen LogP contribution in [0.3, 0.4) is 0 Å². The molecule has 1 N–H and O–H groups in total. The van der Waals surface area contributed by atoms with Crippen LogP contribution in [0.25, 0.3) is 0 Å². The summed E-state index contributed by atoms with van der Waals surface area (Å²) in [6.07, 6.45) is 22.0. The van der Waals surface area contributed by atoms with Crippen molar-refractivity contribution in [3.63, 3.8) is 0 Å². The normalized spacial score (nSPS) is 10.8. The van der Waals surface area contributed by atoms with Crippen LogP contribution in [0.4, 0.5) is 0 Å². The maximum Gasteiger partial charge on any atom is 0.220 e. The number of benzene rings is 1. The van der Waals surface area contributed by atoms with E-state index in [0.29, 0.717) is 26.0 Å². The minimum absolute atomic E-state index is 0.115. The summed E-state index contributed by atoms with van der Waals surface area (Å²) in [5.41, 5.74) is 0.976. The second-order valence-corrected chi connectivity index (χ2v) is 8.91. The predicted molar refractivity (Wildman–Crippen MR) is 134 cm³/mol. The number of hydrogen-bond acceptors (Lipinski definition) is 3. The molecule has 0 fully saturated rings. The summed E-state index contributed by atoms with van der Waals surface area (Å²) in [6.45, 7) is 3.25. The van der Waals surface area contributed by atoms with Gasteiger partial charge in [0.25, 0.3) is 0 Å². The van der Waals surface area contributed by atoms with E-state index in [1.54, 1.807) is 0 Å². The van der Waals surface area contributed by atoms with Gasteiger partial charge >= 0.3 is 0 Å². The summed E-state index contributed by atoms with van der Waals surface area (Å²) in [5.74, 6) is 0.876. The minimum atomic E-state index is 0.115. The Morgan fingerprint density at radius 3 is 1.78 bits per heavy atom. The summed E-state index contributed by atoms with van der Waals surface area (Å²) in [5, 5.41) is 2.92. The third-order valence-electron chi connectivity index (χ3n) is 5.94. The maximum atomic E-state index is 11.9. The zero-order chi connectivity index (χ0) is 23.1. The SMILES string of the molecule is CCCCCCCCCCCCCCCCCC(=O)NCCOc1ccc(CC=O)cc1. The molecule has 182 valence electrons. The summed E-state index contributed by atoms with van der Waals surface area (Å²) in [7, 11) is 0. The highest BCUT2D eigenvalue weighted by Crippen LogP contribution is 2.14. The summed E-state index contributed by atoms with van der Waals surface area (Å²) in [4.78, 5) is 22.4. The van der Waals surface area contributed by atoms with E-state index in [4.69, 9.17) is 4.74 Å². The molecule has 0 aliphatic rings. The summed E-state index contributed by atoms with van der Waals surface area (Å²) < 4.78 is 5.62. The number of ether oxygens (including phenoxy) is 1. The molecule has 0 aliphatic heterocycles. The van der Waals surface area contributed by atoms with E-state index in [1.165, 1.54) is 83.5 Å². The van der Waals surface area contributed by atoms with Crippen LogP contribution in [0.2, 0.25) is 0 Å². The van der Waals surface area contributed by atoms with Gasteiger partial charge in [0.05, 0.1) is 6.54 Å². The molecule has 0 aliphatic carbocycles. The van der Waals surface area contributed by atoms with Crippen LogP contribution in [0.15, 0.2) is 24.3 Å². The van der Waals surface area contributed by atoms with Crippen LogP contribution < -0.4 is 10.1 Å². The first kappa shape index (κ1) is 28.2. The Hall–Kier alpha value is -1.84. The Morgan fingerprint density at radius 2 is 1.28 bits per heavy atom. The Kier molecular flexibility index (Phi) is 18.5. The molecule has 1 aromatic carbocycles. The number of rotatable bonds is 22. The van der Waals surface area contributed by atoms with Gasteiger partial charge in [-0.05, 0) is 24.1 Å². The van der Waals surface area contributed by atoms with Gasteiger partial charge in [-0.2, -0.15) is 0 Å². The van der Waals surface area contributed by atoms with Crippen LogP contribution in [0, 0.1) is 0 Å². The van der Waals surface area contributed by atoms with Crippen molar-refractivity contribution in [1.29, 1.82) is 0 Å². The number of hydrogen-bond donors (Lipinski definition) is 1. The summed E-state index contributed by atoms with van der Waals surface area (Å²) >= 11 is 0. The molecule has 32 heavy (non-hydrogen) atoms. The minimum Gasteiger partial charge on any atom is -0.492 e. The predicted octanol–water partition coefficient (Wildman–Crippen LogP) is 7.18. The van der Waals surface area contributed by atoms with Crippen molar-refractivity contribution >= 4 is 12.2 Å². The lowest BCUT2D eigenvalue weighted by molar-refractivity contribution is -0.121. The van der Waals surface area contributed by atoms with Crippen molar-refractivity contribution in [3.05, 3.63) is 29.8 Å². The number of amides is 1. The van der Waals surface area contributed by atoms with Gasteiger partial charge in [-0.3, -0.25) is 4.79 Å². The molecule has 4 nitrogen and oxygen atoms in total. The standard InChI is InChI=1S/C28H47NO3/c1-2-3-4-5-6-7-8-9-10-11-12-13-14-15-16-17-28(31)29-23-25-32-27-20-18-26(19-21-27)22-24-30/h18-21,24H,2-17,22-23,25H2,1H3,(H,29,31). The Labute approximate surface area is 196 Å². The first-order chi connectivity index (χ1) is 15.8. The largest absolute Gasteiger partial charge is 0.492 e. The molecule has 1 rings (SSSR count). The smallest absolute Gasteiger partial charge is 0.220 e. The van der Waals surface area contributed by atoms with E-state index in [2.05, 4.69) is 12.2 Å². The molecule has 0 heterocycles. The molecule has 0 saturated heterocycles. The van der Waals surface area contributed by atoms with E-state index in [1.807, 2.05) is 24.3 Å². The zero-order valence-electron chi connectivity index (χ0n) is 20.5. The fourth-order valence-corrected chi connectivity index (χ4v) is 3.92. The third-order valence-corrected chi connectivity index (χ3v) is 5.94. The molecule has 0 radical (unpaired) electrons. The van der Waals surface area contributed by atoms with Crippen molar-refractivity contribution in [2.75, 3.05) is 13.2 Å². The molecule has 0 spiro atoms. The van der Waals surface area contributed by atoms with Crippen molar-refractivity contribution in [3.8, 4) is 5.75 Å². The second kappa shape index (κ2) is 21.0. The first-order valence-electron chi connectivity index (χ1n) is 13.2. The van der Waals surface area contributed by atoms with E-state index in [9.17, 15) is 9.59 Å². The van der Waals surface area contributed by atoms with Gasteiger partial charge in [-0.1, -0.05) is 109 Å². The quantitative estimate of drug-likeness (QED) is 0.152. The zero-order valence-corrected chi connectivity index (χ0v) is 20.5. The Balaban J connectivity index is 1.82. The molecule has 4 heteroatoms. The van der Waals surface area contributed by atoms with E-state index in [0.717, 1.165) is 30.4 Å². The molecule has 1 amide bonds. The van der Waals surface area contributed by atoms with E-state index in [-0.39, 0.29) is 5.91 Å². The van der Waals surface area contributed by atoms with Gasteiger partial charge in [-0.15, -0.1) is 0 Å². The molecule has 0 saturated carbocycles. The van der Waals surface area contributed by atoms with Gasteiger partial charge in [0.2, 0.25) is 5.91 Å². The van der Waals surface area contributed by atoms with Gasteiger partial charge in [0.1, 0.15) is 18.6 Å². The first-order valence-corrected chi connectivity index (χ1v) is 13.2. The number of unbranched alkanes of at least 4 members (excludes halogenated alkanes) is 14. The fraction of sp³-hybridized carbons (Fsp3) is 0.714. The molecule has 0 bridgehead atoms. The van der Waals surface area contributed by atoms with Gasteiger partial charge in [-0.25, -0.2) is 0 Å². The average Bonchev–Trinajstić information content (AvgIpc) is 2.80. The Morgan fingerprint density at radius 1 is 0.781 bits per heavy atom. The highest BCUT2D eigenvalue weighted by Gasteiger charge is 2.01. The second-order valence-electron chi connectivity index (χ2n) is 8.91. The molecular weight excluding hydrogens is 398 g/mol. The lowest BCUT2D eigenvalue weighted by Gasteiger charge is -2.08. The average molecular weight is 446 g/mol. The highest BCUT2D eigenvalue weighted by atomic mass is 16.5. The van der Waals surface area contributed by atoms with Crippen LogP contribution in [-0.2, 0) is 16.0 Å². The fourth-order valence-electron chi connectivity index (χ4n) is 3.92. The van der Waals surface area contributed by atoms with Gasteiger partial charge < -0.3 is 14.8 Å². The lowest BCUT2D eigenvalue weighted by Crippen LogP contribution is -2.27. The summed E-state index contributed by atoms with van der Waals surface area (Å²) in [6, 6.07) is 7.49. The van der Waals surface area contributed by atoms with Crippen LogP contribution >= 0.6 is 0 Å². The highest BCUT2D eigenvalue weighted by molar-refractivity contribution is 5.75. The van der Waals surface area contributed by atoms with Crippen LogP contribution in [0.1, 0.15) is 115 Å². The maximum absolute atomic E-state index is 11.9. The number of carbonyl (C=O) groups is 2. The topological polar surface area (TPSA) is 55.4 Å². The van der Waals surface area contributed by atoms with E-state index < -0.39 is 0 Å². The van der Waals surface area contributed by atoms with Crippen LogP contribution in [0.5, 0.6) is 5.75 Å². The number of carbonyl (C=O) groups excluding carboxylic acids is 2. The van der Waals surface area contributed by atoms with Gasteiger partial charge in [0.15, 0.2) is 0 Å². The number of nitrogens with one attached hydrogen (secondary N) is 1. The van der Waals surface area contributed by atoms with Crippen molar-refractivity contribution in [1.82, 2.24) is 5.32 Å². The monoisotopic (exact) mass is 445 g/mol. The number of aldehydes is 1. The van der Waals surface area contributed by atoms with Crippen molar-refractivity contribution < 1.29 is 14.3 Å². The lowest BCUT2D eigenvalue weighted by atomic mass is 10.0. The van der Waals surface area contributed by atoms with Crippen molar-refractivity contribution in [2.24, 2.45) is 0 Å². The van der Waals surface area contributed by atoms with E-state index >= 15 is 0 Å². The van der Waals surface area contributed by atoms with Crippen LogP contribution in [-0.4, -0.2) is 25.3 Å².